The number of hydrogen-bond donors (Lipinski definition) is 2. The first kappa shape index (κ1) is 18.1. The van der Waals surface area contributed by atoms with E-state index in [1.165, 1.54) is 5.56 Å². The van der Waals surface area contributed by atoms with E-state index in [4.69, 9.17) is 9.63 Å². The van der Waals surface area contributed by atoms with Crippen LogP contribution in [0.2, 0.25) is 0 Å². The summed E-state index contributed by atoms with van der Waals surface area (Å²) < 4.78 is 5.20. The summed E-state index contributed by atoms with van der Waals surface area (Å²) in [4.78, 5) is 27.5. The molecule has 1 amide bonds. The number of carboxylic acid groups (broad SMARTS) is 1. The predicted octanol–water partition coefficient (Wildman–Crippen LogP) is 2.77. The van der Waals surface area contributed by atoms with Gasteiger partial charge in [-0.25, -0.2) is 4.79 Å². The first-order valence-corrected chi connectivity index (χ1v) is 8.89. The van der Waals surface area contributed by atoms with Crippen molar-refractivity contribution in [3.63, 3.8) is 0 Å². The predicted molar refractivity (Wildman–Crippen MR) is 94.4 cm³/mol. The van der Waals surface area contributed by atoms with Gasteiger partial charge in [-0.1, -0.05) is 43.3 Å². The average Bonchev–Trinajstić information content (AvgIpc) is 3.34. The van der Waals surface area contributed by atoms with E-state index in [2.05, 4.69) is 29.3 Å². The lowest BCUT2D eigenvalue weighted by Gasteiger charge is -2.12. The Morgan fingerprint density at radius 1 is 1.27 bits per heavy atom. The largest absolute Gasteiger partial charge is 0.480 e. The molecule has 0 radical (unpaired) electrons. The number of amides is 1. The smallest absolute Gasteiger partial charge is 0.326 e. The molecule has 1 unspecified atom stereocenters. The zero-order chi connectivity index (χ0) is 18.7. The molecule has 1 fully saturated rings. The third-order valence-corrected chi connectivity index (χ3v) is 4.55. The van der Waals surface area contributed by atoms with Gasteiger partial charge >= 0.3 is 5.97 Å². The maximum atomic E-state index is 12.0. The van der Waals surface area contributed by atoms with Gasteiger partial charge in [-0.2, -0.15) is 4.98 Å². The molecule has 138 valence electrons. The summed E-state index contributed by atoms with van der Waals surface area (Å²) in [6.07, 6.45) is 2.09. The summed E-state index contributed by atoms with van der Waals surface area (Å²) in [5, 5.41) is 15.7. The Kier molecular flexibility index (Phi) is 5.35. The number of rotatable bonds is 8. The van der Waals surface area contributed by atoms with Crippen molar-refractivity contribution in [3.8, 4) is 11.4 Å². The highest BCUT2D eigenvalue weighted by Crippen LogP contribution is 2.32. The highest BCUT2D eigenvalue weighted by atomic mass is 16.5. The van der Waals surface area contributed by atoms with Gasteiger partial charge in [0.1, 0.15) is 6.04 Å². The summed E-state index contributed by atoms with van der Waals surface area (Å²) >= 11 is 0. The van der Waals surface area contributed by atoms with Crippen LogP contribution in [0.25, 0.3) is 11.4 Å². The van der Waals surface area contributed by atoms with Crippen LogP contribution in [-0.2, 0) is 16.0 Å². The molecule has 1 atom stereocenters. The summed E-state index contributed by atoms with van der Waals surface area (Å²) in [5.41, 5.74) is 2.09. The average molecular weight is 357 g/mol. The number of hydrogen-bond acceptors (Lipinski definition) is 5. The molecule has 0 bridgehead atoms. The van der Waals surface area contributed by atoms with Gasteiger partial charge in [-0.15, -0.1) is 0 Å². The van der Waals surface area contributed by atoms with E-state index < -0.39 is 12.0 Å². The van der Waals surface area contributed by atoms with E-state index in [-0.39, 0.29) is 24.7 Å². The Morgan fingerprint density at radius 3 is 2.54 bits per heavy atom. The lowest BCUT2D eigenvalue weighted by Crippen LogP contribution is -2.42. The molecule has 0 saturated heterocycles. The van der Waals surface area contributed by atoms with Crippen LogP contribution in [0.3, 0.4) is 0 Å². The second kappa shape index (κ2) is 7.68. The lowest BCUT2D eigenvalue weighted by molar-refractivity contribution is -0.142. The van der Waals surface area contributed by atoms with E-state index in [1.54, 1.807) is 0 Å². The molecule has 2 N–H and O–H groups in total. The number of carbonyl (C=O) groups excluding carboxylic acids is 1. The van der Waals surface area contributed by atoms with Gasteiger partial charge in [-0.3, -0.25) is 4.79 Å². The van der Waals surface area contributed by atoms with Crippen molar-refractivity contribution >= 4 is 11.9 Å². The maximum absolute atomic E-state index is 12.0. The number of nitrogens with zero attached hydrogens (tertiary/aromatic N) is 2. The molecule has 1 aromatic heterocycles. The monoisotopic (exact) mass is 357 g/mol. The molecule has 3 rings (SSSR count). The van der Waals surface area contributed by atoms with Gasteiger partial charge in [0, 0.05) is 18.4 Å². The maximum Gasteiger partial charge on any atom is 0.326 e. The van der Waals surface area contributed by atoms with Crippen molar-refractivity contribution in [2.75, 3.05) is 0 Å². The third-order valence-electron chi connectivity index (χ3n) is 4.55. The summed E-state index contributed by atoms with van der Waals surface area (Å²) in [6, 6.07) is 7.18. The molecule has 7 nitrogen and oxygen atoms in total. The van der Waals surface area contributed by atoms with E-state index in [0.29, 0.717) is 17.6 Å². The summed E-state index contributed by atoms with van der Waals surface area (Å²) in [6.45, 7) is 4.26. The van der Waals surface area contributed by atoms with Gasteiger partial charge in [0.05, 0.1) is 0 Å². The Balaban J connectivity index is 1.55. The fraction of sp³-hybridized carbons (Fsp3) is 0.474. The standard InChI is InChI=1S/C19H23N3O4/c1-11(2)12-3-7-14(8-4-12)18-21-16(26-22-18)10-9-15(23)20-17(19(24)25)13-5-6-13/h3-4,7-8,11,13,17H,5-6,9-10H2,1-2H3,(H,20,23)(H,24,25). The van der Waals surface area contributed by atoms with Crippen LogP contribution >= 0.6 is 0 Å². The Hall–Kier alpha value is -2.70. The van der Waals surface area contributed by atoms with E-state index in [0.717, 1.165) is 18.4 Å². The zero-order valence-electron chi connectivity index (χ0n) is 14.9. The van der Waals surface area contributed by atoms with Crippen LogP contribution in [-0.4, -0.2) is 33.2 Å². The molecule has 1 aliphatic rings. The topological polar surface area (TPSA) is 105 Å². The summed E-state index contributed by atoms with van der Waals surface area (Å²) in [7, 11) is 0. The van der Waals surface area contributed by atoms with Gasteiger partial charge < -0.3 is 14.9 Å². The molecule has 7 heteroatoms. The highest BCUT2D eigenvalue weighted by molar-refractivity contribution is 5.84. The Bertz CT molecular complexity index is 778. The van der Waals surface area contributed by atoms with E-state index in [9.17, 15) is 9.59 Å². The van der Waals surface area contributed by atoms with Gasteiger partial charge in [0.25, 0.3) is 0 Å². The Morgan fingerprint density at radius 2 is 1.96 bits per heavy atom. The van der Waals surface area contributed by atoms with Crippen LogP contribution in [0.1, 0.15) is 50.5 Å². The second-order valence-corrected chi connectivity index (χ2v) is 7.01. The lowest BCUT2D eigenvalue weighted by atomic mass is 10.0. The number of nitrogens with one attached hydrogen (secondary N) is 1. The fourth-order valence-electron chi connectivity index (χ4n) is 2.77. The number of carbonyl (C=O) groups is 2. The number of benzene rings is 1. The highest BCUT2D eigenvalue weighted by Gasteiger charge is 2.37. The van der Waals surface area contributed by atoms with Crippen LogP contribution in [0.4, 0.5) is 0 Å². The third kappa shape index (κ3) is 4.47. The molecule has 1 aliphatic carbocycles. The molecular weight excluding hydrogens is 334 g/mol. The number of carboxylic acids is 1. The first-order chi connectivity index (χ1) is 12.4. The normalized spacial score (nSPS) is 15.0. The molecule has 1 aromatic carbocycles. The Labute approximate surface area is 151 Å². The molecule has 26 heavy (non-hydrogen) atoms. The first-order valence-electron chi connectivity index (χ1n) is 8.89. The number of aliphatic carboxylic acids is 1. The number of aromatic nitrogens is 2. The molecular formula is C19H23N3O4. The van der Waals surface area contributed by atoms with Crippen molar-refractivity contribution in [2.45, 2.75) is 51.5 Å². The molecule has 0 spiro atoms. The minimum Gasteiger partial charge on any atom is -0.480 e. The number of aryl methyl sites for hydroxylation is 1. The summed E-state index contributed by atoms with van der Waals surface area (Å²) in [5.74, 6) is 0.0588. The van der Waals surface area contributed by atoms with Crippen molar-refractivity contribution in [1.29, 1.82) is 0 Å². The zero-order valence-corrected chi connectivity index (χ0v) is 14.9. The quantitative estimate of drug-likeness (QED) is 0.752. The fourth-order valence-corrected chi connectivity index (χ4v) is 2.77. The van der Waals surface area contributed by atoms with E-state index in [1.807, 2.05) is 24.3 Å². The van der Waals surface area contributed by atoms with Crippen LogP contribution in [0.15, 0.2) is 28.8 Å². The molecule has 1 saturated carbocycles. The van der Waals surface area contributed by atoms with Crippen LogP contribution in [0, 0.1) is 5.92 Å². The minimum atomic E-state index is -0.981. The van der Waals surface area contributed by atoms with E-state index >= 15 is 0 Å². The van der Waals surface area contributed by atoms with Gasteiger partial charge in [0.2, 0.25) is 17.6 Å². The molecule has 0 aliphatic heterocycles. The molecule has 2 aromatic rings. The van der Waals surface area contributed by atoms with Crippen molar-refractivity contribution in [3.05, 3.63) is 35.7 Å². The van der Waals surface area contributed by atoms with Crippen molar-refractivity contribution in [1.82, 2.24) is 15.5 Å². The van der Waals surface area contributed by atoms with Gasteiger partial charge in [0.15, 0.2) is 0 Å². The molecule has 1 heterocycles. The van der Waals surface area contributed by atoms with Gasteiger partial charge in [-0.05, 0) is 30.2 Å². The SMILES string of the molecule is CC(C)c1ccc(-c2noc(CCC(=O)NC(C(=O)O)C3CC3)n2)cc1. The van der Waals surface area contributed by atoms with Crippen molar-refractivity contribution < 1.29 is 19.2 Å². The van der Waals surface area contributed by atoms with Crippen molar-refractivity contribution in [2.24, 2.45) is 5.92 Å². The van der Waals surface area contributed by atoms with Crippen LogP contribution < -0.4 is 5.32 Å². The minimum absolute atomic E-state index is 0.0558. The second-order valence-electron chi connectivity index (χ2n) is 7.01. The van der Waals surface area contributed by atoms with Crippen LogP contribution in [0.5, 0.6) is 0 Å².